The van der Waals surface area contributed by atoms with Crippen molar-refractivity contribution in [1.82, 2.24) is 4.98 Å². The van der Waals surface area contributed by atoms with Crippen LogP contribution in [0.25, 0.3) is 17.2 Å². The fourth-order valence-electron chi connectivity index (χ4n) is 3.79. The summed E-state index contributed by atoms with van der Waals surface area (Å²) in [4.78, 5) is 15.7. The molecule has 2 atom stereocenters. The van der Waals surface area contributed by atoms with E-state index in [4.69, 9.17) is 10.1 Å². The Balaban J connectivity index is 2.60. The number of hydrogen-bond donors (Lipinski definition) is 3. The number of carbonyl (C=O) groups is 1. The van der Waals surface area contributed by atoms with Crippen molar-refractivity contribution in [2.75, 3.05) is 0 Å². The van der Waals surface area contributed by atoms with Gasteiger partial charge in [0.25, 0.3) is 0 Å². The number of aliphatic hydroxyl groups is 2. The molecule has 0 saturated carbocycles. The van der Waals surface area contributed by atoms with E-state index in [1.54, 1.807) is 24.3 Å². The van der Waals surface area contributed by atoms with Gasteiger partial charge in [-0.2, -0.15) is 0 Å². The van der Waals surface area contributed by atoms with E-state index in [1.807, 2.05) is 13.8 Å². The van der Waals surface area contributed by atoms with Crippen molar-refractivity contribution in [2.24, 2.45) is 0 Å². The van der Waals surface area contributed by atoms with Crippen LogP contribution in [0.2, 0.25) is 0 Å². The fraction of sp³-hybridized carbons (Fsp3) is 0.440. The van der Waals surface area contributed by atoms with Crippen LogP contribution >= 0.6 is 0 Å². The number of aryl methyl sites for hydroxylation is 1. The summed E-state index contributed by atoms with van der Waals surface area (Å²) in [5, 5.41) is 29.0. The van der Waals surface area contributed by atoms with Crippen LogP contribution in [0.5, 0.6) is 0 Å². The van der Waals surface area contributed by atoms with Gasteiger partial charge in [0.05, 0.1) is 24.3 Å². The lowest BCUT2D eigenvalue weighted by molar-refractivity contribution is -0.139. The smallest absolute Gasteiger partial charge is 0.305 e. The van der Waals surface area contributed by atoms with Gasteiger partial charge < -0.3 is 15.3 Å². The summed E-state index contributed by atoms with van der Waals surface area (Å²) in [5.74, 6) is -1.31. The standard InChI is InChI=1S/C25H32FNO4/c1-5-20-22(6-2)27-25(15(3)4)21(24(20)16-7-9-17(26)10-8-16)12-11-18(28)13-19(29)14-23(30)31/h7-12,15,18-19,28-29H,5-6,13-14H2,1-4H3,(H,30,31)/b12-11+/t18-,19-/m1/s1. The maximum atomic E-state index is 13.6. The van der Waals surface area contributed by atoms with E-state index in [2.05, 4.69) is 13.8 Å². The zero-order valence-electron chi connectivity index (χ0n) is 18.6. The van der Waals surface area contributed by atoms with Crippen LogP contribution in [-0.2, 0) is 17.6 Å². The lowest BCUT2D eigenvalue weighted by Gasteiger charge is -2.21. The summed E-state index contributed by atoms with van der Waals surface area (Å²) >= 11 is 0. The van der Waals surface area contributed by atoms with Crippen LogP contribution in [-0.4, -0.2) is 38.5 Å². The molecular weight excluding hydrogens is 397 g/mol. The molecule has 1 heterocycles. The van der Waals surface area contributed by atoms with Crippen molar-refractivity contribution in [3.05, 3.63) is 58.7 Å². The predicted molar refractivity (Wildman–Crippen MR) is 120 cm³/mol. The van der Waals surface area contributed by atoms with Crippen molar-refractivity contribution >= 4 is 12.0 Å². The van der Waals surface area contributed by atoms with Gasteiger partial charge in [-0.05, 0) is 47.6 Å². The molecule has 0 radical (unpaired) electrons. The first-order valence-electron chi connectivity index (χ1n) is 10.8. The molecule has 31 heavy (non-hydrogen) atoms. The first kappa shape index (κ1) is 24.7. The van der Waals surface area contributed by atoms with Crippen molar-refractivity contribution in [3.8, 4) is 11.1 Å². The Bertz CT molecular complexity index is 922. The van der Waals surface area contributed by atoms with Gasteiger partial charge in [0.1, 0.15) is 5.82 Å². The lowest BCUT2D eigenvalue weighted by Crippen LogP contribution is -2.19. The average Bonchev–Trinajstić information content (AvgIpc) is 2.70. The molecule has 0 unspecified atom stereocenters. The van der Waals surface area contributed by atoms with E-state index in [1.165, 1.54) is 12.1 Å². The van der Waals surface area contributed by atoms with E-state index in [-0.39, 0.29) is 18.2 Å². The number of nitrogens with zero attached hydrogens (tertiary/aromatic N) is 1. The summed E-state index contributed by atoms with van der Waals surface area (Å²) in [5.41, 5.74) is 5.65. The molecule has 0 aliphatic rings. The summed E-state index contributed by atoms with van der Waals surface area (Å²) in [6.45, 7) is 8.21. The minimum absolute atomic E-state index is 0.0766. The molecule has 0 bridgehead atoms. The molecule has 3 N–H and O–H groups in total. The van der Waals surface area contributed by atoms with Gasteiger partial charge in [-0.15, -0.1) is 0 Å². The summed E-state index contributed by atoms with van der Waals surface area (Å²) in [6, 6.07) is 6.36. The first-order valence-corrected chi connectivity index (χ1v) is 10.8. The van der Waals surface area contributed by atoms with Gasteiger partial charge in [0.15, 0.2) is 0 Å². The Morgan fingerprint density at radius 3 is 2.29 bits per heavy atom. The van der Waals surface area contributed by atoms with Gasteiger partial charge in [0.2, 0.25) is 0 Å². The van der Waals surface area contributed by atoms with Gasteiger partial charge in [-0.1, -0.05) is 52.0 Å². The Kier molecular flexibility index (Phi) is 8.89. The number of halogens is 1. The second-order valence-electron chi connectivity index (χ2n) is 7.99. The Morgan fingerprint density at radius 1 is 1.13 bits per heavy atom. The highest BCUT2D eigenvalue weighted by molar-refractivity contribution is 5.80. The highest BCUT2D eigenvalue weighted by Gasteiger charge is 2.20. The second kappa shape index (κ2) is 11.2. The Hall–Kier alpha value is -2.57. The minimum atomic E-state index is -1.13. The molecule has 2 aromatic rings. The predicted octanol–water partition coefficient (Wildman–Crippen LogP) is 4.74. The molecule has 1 aromatic carbocycles. The quantitative estimate of drug-likeness (QED) is 0.508. The summed E-state index contributed by atoms with van der Waals surface area (Å²) in [7, 11) is 0. The zero-order chi connectivity index (χ0) is 23.1. The number of hydrogen-bond acceptors (Lipinski definition) is 4. The van der Waals surface area contributed by atoms with Gasteiger partial charge >= 0.3 is 5.97 Å². The molecular formula is C25H32FNO4. The van der Waals surface area contributed by atoms with Crippen LogP contribution in [0.1, 0.15) is 69.0 Å². The van der Waals surface area contributed by atoms with Crippen molar-refractivity contribution in [3.63, 3.8) is 0 Å². The molecule has 168 valence electrons. The molecule has 0 fully saturated rings. The number of pyridine rings is 1. The molecule has 0 aliphatic carbocycles. The SMILES string of the molecule is CCc1nc(C(C)C)c(/C=C/[C@@H](O)C[C@@H](O)CC(=O)O)c(-c2ccc(F)cc2)c1CC. The number of aromatic nitrogens is 1. The van der Waals surface area contributed by atoms with Crippen molar-refractivity contribution in [2.45, 2.75) is 71.5 Å². The van der Waals surface area contributed by atoms with E-state index in [0.29, 0.717) is 0 Å². The third kappa shape index (κ3) is 6.45. The largest absolute Gasteiger partial charge is 0.481 e. The number of carboxylic acid groups (broad SMARTS) is 1. The maximum absolute atomic E-state index is 13.6. The van der Waals surface area contributed by atoms with Crippen molar-refractivity contribution in [1.29, 1.82) is 0 Å². The van der Waals surface area contributed by atoms with Gasteiger partial charge in [-0.25, -0.2) is 4.39 Å². The summed E-state index contributed by atoms with van der Waals surface area (Å²) in [6.07, 6.45) is 2.23. The highest BCUT2D eigenvalue weighted by atomic mass is 19.1. The lowest BCUT2D eigenvalue weighted by atomic mass is 9.87. The number of benzene rings is 1. The second-order valence-corrected chi connectivity index (χ2v) is 7.99. The topological polar surface area (TPSA) is 90.7 Å². The number of carboxylic acids is 1. The minimum Gasteiger partial charge on any atom is -0.481 e. The van der Waals surface area contributed by atoms with Crippen LogP contribution in [0, 0.1) is 5.82 Å². The van der Waals surface area contributed by atoms with Crippen LogP contribution in [0.3, 0.4) is 0 Å². The van der Waals surface area contributed by atoms with Crippen LogP contribution < -0.4 is 0 Å². The van der Waals surface area contributed by atoms with E-state index in [0.717, 1.165) is 46.5 Å². The highest BCUT2D eigenvalue weighted by Crippen LogP contribution is 2.36. The van der Waals surface area contributed by atoms with E-state index < -0.39 is 24.6 Å². The summed E-state index contributed by atoms with van der Waals surface area (Å²) < 4.78 is 13.6. The molecule has 1 aromatic heterocycles. The van der Waals surface area contributed by atoms with Gasteiger partial charge in [0, 0.05) is 17.7 Å². The molecule has 0 amide bonds. The van der Waals surface area contributed by atoms with Crippen molar-refractivity contribution < 1.29 is 24.5 Å². The van der Waals surface area contributed by atoms with E-state index in [9.17, 15) is 19.4 Å². The van der Waals surface area contributed by atoms with Crippen LogP contribution in [0.15, 0.2) is 30.3 Å². The van der Waals surface area contributed by atoms with E-state index >= 15 is 0 Å². The van der Waals surface area contributed by atoms with Gasteiger partial charge in [-0.3, -0.25) is 9.78 Å². The molecule has 0 aliphatic heterocycles. The Morgan fingerprint density at radius 2 is 1.77 bits per heavy atom. The fourth-order valence-corrected chi connectivity index (χ4v) is 3.79. The molecule has 2 rings (SSSR count). The molecule has 6 heteroatoms. The molecule has 5 nitrogen and oxygen atoms in total. The molecule has 0 saturated heterocycles. The third-order valence-corrected chi connectivity index (χ3v) is 5.23. The monoisotopic (exact) mass is 429 g/mol. The Labute approximate surface area is 183 Å². The normalized spacial score (nSPS) is 13.7. The molecule has 0 spiro atoms. The first-order chi connectivity index (χ1) is 14.7. The zero-order valence-corrected chi connectivity index (χ0v) is 18.6. The third-order valence-electron chi connectivity index (χ3n) is 5.23. The average molecular weight is 430 g/mol. The maximum Gasteiger partial charge on any atom is 0.305 e. The number of aliphatic carboxylic acids is 1. The van der Waals surface area contributed by atoms with Crippen LogP contribution in [0.4, 0.5) is 4.39 Å². The number of rotatable bonds is 10. The number of aliphatic hydroxyl groups excluding tert-OH is 2.